The van der Waals surface area contributed by atoms with Gasteiger partial charge in [0.05, 0.1) is 17.4 Å². The van der Waals surface area contributed by atoms with Crippen molar-refractivity contribution < 1.29 is 24.1 Å². The number of hydrogen-bond acceptors (Lipinski definition) is 7. The first-order chi connectivity index (χ1) is 16.7. The Morgan fingerprint density at radius 2 is 2.06 bits per heavy atom. The number of nitrogens with one attached hydrogen (secondary N) is 1. The maximum atomic E-state index is 12.3. The molecule has 2 aliphatic heterocycles. The summed E-state index contributed by atoms with van der Waals surface area (Å²) in [5.41, 5.74) is 1.38. The van der Waals surface area contributed by atoms with Crippen LogP contribution in [-0.2, 0) is 26.1 Å². The number of carbonyl (C=O) groups is 1. The van der Waals surface area contributed by atoms with Gasteiger partial charge in [-0.3, -0.25) is 9.69 Å². The third-order valence-corrected chi connectivity index (χ3v) is 9.24. The lowest BCUT2D eigenvalue weighted by atomic mass is 9.48. The molecule has 0 amide bonds. The zero-order valence-electron chi connectivity index (χ0n) is 21.6. The Balaban J connectivity index is 1.32. The Labute approximate surface area is 208 Å². The highest BCUT2D eigenvalue weighted by molar-refractivity contribution is 5.70. The first-order valence-corrected chi connectivity index (χ1v) is 13.4. The maximum absolute atomic E-state index is 12.3. The molecule has 192 valence electrons. The van der Waals surface area contributed by atoms with Crippen molar-refractivity contribution in [2.45, 2.75) is 101 Å². The normalized spacial score (nSPS) is 35.4. The fraction of sp³-hybridized carbons (Fsp3) is 0.750. The highest BCUT2D eigenvalue weighted by Gasteiger charge is 2.73. The van der Waals surface area contributed by atoms with E-state index in [0.29, 0.717) is 24.8 Å². The molecule has 2 heterocycles. The van der Waals surface area contributed by atoms with Crippen molar-refractivity contribution >= 4 is 5.97 Å². The molecule has 2 unspecified atom stereocenters. The predicted molar refractivity (Wildman–Crippen MR) is 132 cm³/mol. The number of aromatic hydroxyl groups is 1. The number of likely N-dealkylation sites (tertiary alicyclic amines) is 1. The molecule has 1 spiro atoms. The lowest BCUT2D eigenvalue weighted by Gasteiger charge is -2.65. The predicted octanol–water partition coefficient (Wildman–Crippen LogP) is 3.30. The van der Waals surface area contributed by atoms with E-state index in [4.69, 9.17) is 14.2 Å². The first-order valence-electron chi connectivity index (χ1n) is 13.4. The van der Waals surface area contributed by atoms with Gasteiger partial charge < -0.3 is 24.6 Å². The van der Waals surface area contributed by atoms with Crippen LogP contribution in [0.1, 0.15) is 70.4 Å². The third-order valence-electron chi connectivity index (χ3n) is 9.24. The van der Waals surface area contributed by atoms with Gasteiger partial charge in [-0.05, 0) is 83.4 Å². The van der Waals surface area contributed by atoms with Gasteiger partial charge in [-0.1, -0.05) is 6.07 Å². The molecule has 7 nitrogen and oxygen atoms in total. The lowest BCUT2D eigenvalue weighted by molar-refractivity contribution is -0.207. The number of piperidine rings is 1. The molecule has 5 atom stereocenters. The van der Waals surface area contributed by atoms with Crippen LogP contribution in [0.4, 0.5) is 0 Å². The van der Waals surface area contributed by atoms with Crippen LogP contribution in [0, 0.1) is 5.92 Å². The van der Waals surface area contributed by atoms with Gasteiger partial charge in [-0.15, -0.1) is 0 Å². The molecule has 0 radical (unpaired) electrons. The minimum atomic E-state index is -0.478. The van der Waals surface area contributed by atoms with Crippen LogP contribution < -0.4 is 10.1 Å². The average molecular weight is 485 g/mol. The van der Waals surface area contributed by atoms with Crippen LogP contribution in [0.25, 0.3) is 0 Å². The standard InChI is InChI=1S/C28H40N2O5/c1-26(2,3)35-22(32)10-13-29-19-9-11-28(33-4)21-15-18-7-8-20(31)24-23(18)27(28,25(19)34-24)12-14-30(21)16-17-5-6-17/h7-8,17,19,21,25,29,31H,5-6,9-16H2,1-4H3/t19-,21?,25-,27?,28+/m0/s1. The van der Waals surface area contributed by atoms with Crippen LogP contribution in [0.3, 0.4) is 0 Å². The van der Waals surface area contributed by atoms with E-state index in [1.807, 2.05) is 27.9 Å². The number of phenols is 1. The van der Waals surface area contributed by atoms with Crippen LogP contribution in [0.5, 0.6) is 11.5 Å². The summed E-state index contributed by atoms with van der Waals surface area (Å²) in [5, 5.41) is 14.5. The number of benzene rings is 1. The summed E-state index contributed by atoms with van der Waals surface area (Å²) in [4.78, 5) is 15.0. The maximum Gasteiger partial charge on any atom is 0.307 e. The van der Waals surface area contributed by atoms with E-state index in [0.717, 1.165) is 44.7 Å². The number of ether oxygens (including phenoxy) is 3. The van der Waals surface area contributed by atoms with Crippen LogP contribution in [-0.4, -0.2) is 72.1 Å². The number of carbonyl (C=O) groups excluding carboxylic acids is 1. The van der Waals surface area contributed by atoms with Crippen LogP contribution in [0.15, 0.2) is 12.1 Å². The molecule has 35 heavy (non-hydrogen) atoms. The van der Waals surface area contributed by atoms with Gasteiger partial charge in [-0.25, -0.2) is 0 Å². The number of nitrogens with zero attached hydrogens (tertiary/aromatic N) is 1. The molecule has 3 fully saturated rings. The van der Waals surface area contributed by atoms with Gasteiger partial charge in [0.25, 0.3) is 0 Å². The number of hydrogen-bond donors (Lipinski definition) is 2. The molecule has 2 N–H and O–H groups in total. The fourth-order valence-electron chi connectivity index (χ4n) is 7.83. The van der Waals surface area contributed by atoms with Gasteiger partial charge in [0.1, 0.15) is 11.7 Å². The SMILES string of the molecule is CO[C@@]12CC[C@H](NCCC(=O)OC(C)(C)C)[C@@H]3Oc4c(O)ccc5c4C31CCN(CC1CC1)C2C5. The van der Waals surface area contributed by atoms with Crippen molar-refractivity contribution in [2.24, 2.45) is 5.92 Å². The van der Waals surface area contributed by atoms with Crippen molar-refractivity contribution in [1.82, 2.24) is 10.2 Å². The summed E-state index contributed by atoms with van der Waals surface area (Å²) < 4.78 is 18.8. The fourth-order valence-corrected chi connectivity index (χ4v) is 7.83. The Hall–Kier alpha value is -1.83. The van der Waals surface area contributed by atoms with Crippen molar-refractivity contribution in [1.29, 1.82) is 0 Å². The second kappa shape index (κ2) is 8.09. The molecule has 5 aliphatic rings. The number of esters is 1. The summed E-state index contributed by atoms with van der Waals surface area (Å²) in [7, 11) is 1.88. The molecule has 6 rings (SSSR count). The molecule has 1 saturated heterocycles. The Morgan fingerprint density at radius 1 is 1.26 bits per heavy atom. The summed E-state index contributed by atoms with van der Waals surface area (Å²) in [6, 6.07) is 4.30. The largest absolute Gasteiger partial charge is 0.504 e. The zero-order chi connectivity index (χ0) is 24.6. The molecule has 3 aliphatic carbocycles. The van der Waals surface area contributed by atoms with E-state index >= 15 is 0 Å². The minimum absolute atomic E-state index is 0.0779. The number of methoxy groups -OCH3 is 1. The van der Waals surface area contributed by atoms with Gasteiger partial charge >= 0.3 is 5.97 Å². The molecule has 0 aromatic heterocycles. The molecular weight excluding hydrogens is 444 g/mol. The summed E-state index contributed by atoms with van der Waals surface area (Å²) in [5.74, 6) is 1.52. The zero-order valence-corrected chi connectivity index (χ0v) is 21.6. The van der Waals surface area contributed by atoms with Gasteiger partial charge in [-0.2, -0.15) is 0 Å². The molecule has 1 aromatic rings. The topological polar surface area (TPSA) is 80.3 Å². The monoisotopic (exact) mass is 484 g/mol. The van der Waals surface area contributed by atoms with Gasteiger partial charge in [0.2, 0.25) is 0 Å². The average Bonchev–Trinajstić information content (AvgIpc) is 3.54. The summed E-state index contributed by atoms with van der Waals surface area (Å²) >= 11 is 0. The minimum Gasteiger partial charge on any atom is -0.504 e. The van der Waals surface area contributed by atoms with Gasteiger partial charge in [0.15, 0.2) is 11.5 Å². The van der Waals surface area contributed by atoms with E-state index in [-0.39, 0.29) is 34.9 Å². The highest BCUT2D eigenvalue weighted by Crippen LogP contribution is 2.66. The van der Waals surface area contributed by atoms with E-state index in [1.54, 1.807) is 6.07 Å². The van der Waals surface area contributed by atoms with Crippen LogP contribution in [0.2, 0.25) is 0 Å². The van der Waals surface area contributed by atoms with E-state index < -0.39 is 5.60 Å². The number of rotatable bonds is 7. The quantitative estimate of drug-likeness (QED) is 0.575. The summed E-state index contributed by atoms with van der Waals surface area (Å²) in [6.45, 7) is 8.42. The van der Waals surface area contributed by atoms with Crippen molar-refractivity contribution in [2.75, 3.05) is 26.7 Å². The molecule has 7 heteroatoms. The van der Waals surface area contributed by atoms with Gasteiger partial charge in [0, 0.05) is 37.8 Å². The molecule has 1 aromatic carbocycles. The molecule has 2 saturated carbocycles. The first kappa shape index (κ1) is 23.6. The smallest absolute Gasteiger partial charge is 0.307 e. The third kappa shape index (κ3) is 3.52. The van der Waals surface area contributed by atoms with Crippen molar-refractivity contribution in [3.05, 3.63) is 23.3 Å². The second-order valence-corrected chi connectivity index (χ2v) is 12.4. The van der Waals surface area contributed by atoms with E-state index in [1.165, 1.54) is 24.0 Å². The lowest BCUT2D eigenvalue weighted by Crippen LogP contribution is -2.78. The molecular formula is C28H40N2O5. The molecule has 2 bridgehead atoms. The Bertz CT molecular complexity index is 1020. The van der Waals surface area contributed by atoms with Crippen LogP contribution >= 0.6 is 0 Å². The Morgan fingerprint density at radius 3 is 2.77 bits per heavy atom. The van der Waals surface area contributed by atoms with E-state index in [9.17, 15) is 9.90 Å². The van der Waals surface area contributed by atoms with E-state index in [2.05, 4.69) is 16.3 Å². The van der Waals surface area contributed by atoms with Crippen molar-refractivity contribution in [3.63, 3.8) is 0 Å². The summed E-state index contributed by atoms with van der Waals surface area (Å²) in [6.07, 6.45) is 6.63. The Kier molecular flexibility index (Phi) is 5.44. The second-order valence-electron chi connectivity index (χ2n) is 12.4. The number of phenolic OH excluding ortho intramolecular Hbond substituents is 1. The highest BCUT2D eigenvalue weighted by atomic mass is 16.6. The van der Waals surface area contributed by atoms with Crippen molar-refractivity contribution in [3.8, 4) is 11.5 Å².